The van der Waals surface area contributed by atoms with Gasteiger partial charge in [-0.2, -0.15) is 13.2 Å². The minimum absolute atomic E-state index is 0.302. The Balaban J connectivity index is 2.27. The van der Waals surface area contributed by atoms with E-state index in [-0.39, 0.29) is 0 Å². The number of aliphatic hydroxyl groups is 1. The molecule has 1 atom stereocenters. The second-order valence-corrected chi connectivity index (χ2v) is 5.57. The van der Waals surface area contributed by atoms with Crippen molar-refractivity contribution in [2.75, 3.05) is 13.7 Å². The van der Waals surface area contributed by atoms with Crippen molar-refractivity contribution in [1.82, 2.24) is 9.88 Å². The Hall–Kier alpha value is -2.61. The summed E-state index contributed by atoms with van der Waals surface area (Å²) < 4.78 is 38.4. The number of aromatic amines is 1. The van der Waals surface area contributed by atoms with E-state index >= 15 is 0 Å². The molecule has 134 valence electrons. The van der Waals surface area contributed by atoms with Crippen molar-refractivity contribution in [2.24, 2.45) is 0 Å². The van der Waals surface area contributed by atoms with Crippen molar-refractivity contribution in [2.45, 2.75) is 18.6 Å². The van der Waals surface area contributed by atoms with Crippen LogP contribution in [0.1, 0.15) is 21.5 Å². The molecule has 0 spiro atoms. The summed E-state index contributed by atoms with van der Waals surface area (Å²) in [5, 5.41) is 9.55. The molecule has 0 saturated heterocycles. The van der Waals surface area contributed by atoms with Crippen LogP contribution in [0.15, 0.2) is 47.4 Å². The predicted octanol–water partition coefficient (Wildman–Crippen LogP) is 2.07. The van der Waals surface area contributed by atoms with Crippen LogP contribution in [0.4, 0.5) is 13.2 Å². The van der Waals surface area contributed by atoms with Crippen LogP contribution in [0.5, 0.6) is 0 Å². The summed E-state index contributed by atoms with van der Waals surface area (Å²) >= 11 is 0. The predicted molar refractivity (Wildman–Crippen MR) is 85.2 cm³/mol. The highest BCUT2D eigenvalue weighted by Crippen LogP contribution is 2.28. The zero-order valence-corrected chi connectivity index (χ0v) is 13.4. The molecule has 0 radical (unpaired) electrons. The highest BCUT2D eigenvalue weighted by Gasteiger charge is 2.33. The average Bonchev–Trinajstić information content (AvgIpc) is 2.58. The molecule has 1 aromatic heterocycles. The number of aliphatic hydroxyl groups excluding tert-OH is 1. The largest absolute Gasteiger partial charge is 0.417 e. The number of hydrogen-bond acceptors (Lipinski definition) is 3. The molecule has 0 fully saturated rings. The van der Waals surface area contributed by atoms with E-state index in [1.54, 1.807) is 24.3 Å². The molecule has 2 rings (SSSR count). The molecule has 1 amide bonds. The van der Waals surface area contributed by atoms with Crippen molar-refractivity contribution in [3.8, 4) is 0 Å². The van der Waals surface area contributed by atoms with E-state index in [2.05, 4.69) is 0 Å². The quantitative estimate of drug-likeness (QED) is 0.863. The SMILES string of the molecule is CN(C(=O)c1cc(C(F)(F)F)c[nH]c1=O)C(CO)Cc1ccccc1. The van der Waals surface area contributed by atoms with Gasteiger partial charge in [0.25, 0.3) is 11.5 Å². The number of nitrogens with one attached hydrogen (secondary N) is 1. The van der Waals surface area contributed by atoms with E-state index in [0.29, 0.717) is 18.7 Å². The number of H-pyrrole nitrogens is 1. The van der Waals surface area contributed by atoms with E-state index in [4.69, 9.17) is 0 Å². The highest BCUT2D eigenvalue weighted by molar-refractivity contribution is 5.94. The monoisotopic (exact) mass is 354 g/mol. The van der Waals surface area contributed by atoms with Gasteiger partial charge in [-0.15, -0.1) is 0 Å². The van der Waals surface area contributed by atoms with Crippen LogP contribution in [0.3, 0.4) is 0 Å². The number of halogens is 3. The van der Waals surface area contributed by atoms with Gasteiger partial charge in [0.05, 0.1) is 18.2 Å². The van der Waals surface area contributed by atoms with E-state index in [1.807, 2.05) is 11.1 Å². The van der Waals surface area contributed by atoms with Crippen molar-refractivity contribution in [3.05, 3.63) is 69.6 Å². The van der Waals surface area contributed by atoms with Crippen molar-refractivity contribution in [3.63, 3.8) is 0 Å². The Labute approximate surface area is 141 Å². The van der Waals surface area contributed by atoms with Crippen molar-refractivity contribution in [1.29, 1.82) is 0 Å². The summed E-state index contributed by atoms with van der Waals surface area (Å²) in [4.78, 5) is 27.3. The number of hydrogen-bond donors (Lipinski definition) is 2. The number of likely N-dealkylation sites (N-methyl/N-ethyl adjacent to an activating group) is 1. The Morgan fingerprint density at radius 3 is 2.48 bits per heavy atom. The second kappa shape index (κ2) is 7.52. The lowest BCUT2D eigenvalue weighted by Crippen LogP contribution is -2.42. The number of alkyl halides is 3. The van der Waals surface area contributed by atoms with Crippen LogP contribution in [0, 0.1) is 0 Å². The zero-order chi connectivity index (χ0) is 18.6. The molecule has 0 aliphatic heterocycles. The first kappa shape index (κ1) is 18.7. The number of rotatable bonds is 5. The smallest absolute Gasteiger partial charge is 0.394 e. The lowest BCUT2D eigenvalue weighted by molar-refractivity contribution is -0.137. The lowest BCUT2D eigenvalue weighted by atomic mass is 10.0. The third-order valence-electron chi connectivity index (χ3n) is 3.85. The Kier molecular flexibility index (Phi) is 5.63. The molecule has 0 aliphatic rings. The molecule has 2 aromatic rings. The zero-order valence-electron chi connectivity index (χ0n) is 13.4. The van der Waals surface area contributed by atoms with Crippen LogP contribution in [0.25, 0.3) is 0 Å². The molecule has 0 bridgehead atoms. The maximum absolute atomic E-state index is 12.8. The van der Waals surface area contributed by atoms with Crippen molar-refractivity contribution < 1.29 is 23.1 Å². The Morgan fingerprint density at radius 2 is 1.92 bits per heavy atom. The molecule has 0 aliphatic carbocycles. The van der Waals surface area contributed by atoms with Gasteiger partial charge >= 0.3 is 6.18 Å². The van der Waals surface area contributed by atoms with E-state index in [1.165, 1.54) is 7.05 Å². The number of aromatic nitrogens is 1. The number of pyridine rings is 1. The molecule has 8 heteroatoms. The minimum Gasteiger partial charge on any atom is -0.394 e. The molecule has 1 heterocycles. The molecule has 2 N–H and O–H groups in total. The number of benzene rings is 1. The number of amides is 1. The summed E-state index contributed by atoms with van der Waals surface area (Å²) in [7, 11) is 1.34. The molecular formula is C17H17F3N2O3. The third-order valence-corrected chi connectivity index (χ3v) is 3.85. The molecule has 1 aromatic carbocycles. The van der Waals surface area contributed by atoms with Gasteiger partial charge in [0.15, 0.2) is 0 Å². The fourth-order valence-electron chi connectivity index (χ4n) is 2.37. The van der Waals surface area contributed by atoms with E-state index < -0.39 is 41.4 Å². The van der Waals surface area contributed by atoms with Gasteiger partial charge < -0.3 is 15.0 Å². The molecule has 1 unspecified atom stereocenters. The van der Waals surface area contributed by atoms with Gasteiger partial charge in [-0.3, -0.25) is 9.59 Å². The average molecular weight is 354 g/mol. The summed E-state index contributed by atoms with van der Waals surface area (Å²) in [6.07, 6.45) is -3.86. The maximum Gasteiger partial charge on any atom is 0.417 e. The van der Waals surface area contributed by atoms with Gasteiger partial charge in [0.2, 0.25) is 0 Å². The highest BCUT2D eigenvalue weighted by atomic mass is 19.4. The van der Waals surface area contributed by atoms with Gasteiger partial charge in [-0.05, 0) is 18.1 Å². The van der Waals surface area contributed by atoms with Gasteiger partial charge in [0, 0.05) is 13.2 Å². The number of nitrogens with zero attached hydrogens (tertiary/aromatic N) is 1. The first-order valence-electron chi connectivity index (χ1n) is 7.46. The van der Waals surface area contributed by atoms with Crippen molar-refractivity contribution >= 4 is 5.91 Å². The first-order chi connectivity index (χ1) is 11.7. The normalized spacial score (nSPS) is 12.7. The summed E-state index contributed by atoms with van der Waals surface area (Å²) in [5.74, 6) is -0.887. The van der Waals surface area contributed by atoms with Crippen LogP contribution < -0.4 is 5.56 Å². The molecule has 5 nitrogen and oxygen atoms in total. The van der Waals surface area contributed by atoms with Crippen LogP contribution in [-0.2, 0) is 12.6 Å². The van der Waals surface area contributed by atoms with Gasteiger partial charge in [-0.1, -0.05) is 30.3 Å². The lowest BCUT2D eigenvalue weighted by Gasteiger charge is -2.26. The fourth-order valence-corrected chi connectivity index (χ4v) is 2.37. The van der Waals surface area contributed by atoms with E-state index in [9.17, 15) is 27.9 Å². The molecule has 25 heavy (non-hydrogen) atoms. The topological polar surface area (TPSA) is 73.4 Å². The van der Waals surface area contributed by atoms with Crippen LogP contribution in [-0.4, -0.2) is 40.6 Å². The van der Waals surface area contributed by atoms with E-state index in [0.717, 1.165) is 10.5 Å². The van der Waals surface area contributed by atoms with Crippen LogP contribution in [0.2, 0.25) is 0 Å². The number of carbonyl (C=O) groups is 1. The summed E-state index contributed by atoms with van der Waals surface area (Å²) in [6, 6.07) is 8.86. The third kappa shape index (κ3) is 4.48. The molecule has 0 saturated carbocycles. The Bertz CT molecular complexity index is 788. The first-order valence-corrected chi connectivity index (χ1v) is 7.46. The summed E-state index contributed by atoms with van der Waals surface area (Å²) in [6.45, 7) is -0.395. The number of carbonyl (C=O) groups excluding carboxylic acids is 1. The fraction of sp³-hybridized carbons (Fsp3) is 0.294. The van der Waals surface area contributed by atoms with Crippen LogP contribution >= 0.6 is 0 Å². The maximum atomic E-state index is 12.8. The Morgan fingerprint density at radius 1 is 1.28 bits per heavy atom. The molecular weight excluding hydrogens is 337 g/mol. The van der Waals surface area contributed by atoms with Gasteiger partial charge in [-0.25, -0.2) is 0 Å². The second-order valence-electron chi connectivity index (χ2n) is 5.57. The standard InChI is InChI=1S/C17H17F3N2O3/c1-22(13(10-23)7-11-5-3-2-4-6-11)16(25)14-8-12(17(18,19)20)9-21-15(14)24/h2-6,8-9,13,23H,7,10H2,1H3,(H,21,24). The minimum atomic E-state index is -4.68. The summed E-state index contributed by atoms with van der Waals surface area (Å²) in [5.41, 5.74) is -1.81. The van der Waals surface area contributed by atoms with Gasteiger partial charge in [0.1, 0.15) is 5.56 Å².